The number of anilines is 1. The first-order valence-electron chi connectivity index (χ1n) is 10.9. The third-order valence-electron chi connectivity index (χ3n) is 6.27. The molecule has 4 amide bonds. The van der Waals surface area contributed by atoms with E-state index in [0.29, 0.717) is 30.2 Å². The zero-order chi connectivity index (χ0) is 23.2. The number of rotatable bonds is 4. The van der Waals surface area contributed by atoms with E-state index in [0.717, 1.165) is 16.9 Å². The third kappa shape index (κ3) is 4.70. The molecular weight excluding hydrogens is 394 g/mol. The zero-order valence-electron chi connectivity index (χ0n) is 19.7. The summed E-state index contributed by atoms with van der Waals surface area (Å²) in [6, 6.07) is 5.14. The second-order valence-electron chi connectivity index (χ2n) is 11.0. The van der Waals surface area contributed by atoms with Crippen molar-refractivity contribution in [2.45, 2.75) is 71.8 Å². The molecule has 7 heteroatoms. The first-order valence-corrected chi connectivity index (χ1v) is 10.9. The normalized spacial score (nSPS) is 25.5. The Labute approximate surface area is 184 Å². The molecule has 2 fully saturated rings. The molecule has 0 unspecified atom stereocenters. The lowest BCUT2D eigenvalue weighted by atomic mass is 9.64. The van der Waals surface area contributed by atoms with Crippen molar-refractivity contribution < 1.29 is 19.1 Å². The number of hydrogen-bond acceptors (Lipinski definition) is 4. The molecule has 2 N–H and O–H groups in total. The van der Waals surface area contributed by atoms with E-state index >= 15 is 0 Å². The van der Waals surface area contributed by atoms with Crippen molar-refractivity contribution >= 4 is 23.5 Å². The Morgan fingerprint density at radius 3 is 2.52 bits per heavy atom. The Hall–Kier alpha value is -2.57. The van der Waals surface area contributed by atoms with Crippen molar-refractivity contribution in [1.82, 2.24) is 10.2 Å². The molecule has 1 aromatic carbocycles. The lowest BCUT2D eigenvalue weighted by molar-refractivity contribution is -0.136. The highest BCUT2D eigenvalue weighted by Gasteiger charge is 2.56. The number of ether oxygens (including phenoxy) is 1. The van der Waals surface area contributed by atoms with Crippen LogP contribution in [0.25, 0.3) is 0 Å². The number of carbonyl (C=O) groups is 3. The molecule has 2 aliphatic rings. The molecule has 1 spiro atoms. The van der Waals surface area contributed by atoms with Crippen LogP contribution in [0.3, 0.4) is 0 Å². The number of carbonyl (C=O) groups excluding carboxylic acids is 3. The number of imide groups is 1. The lowest BCUT2D eigenvalue weighted by Gasteiger charge is -2.43. The predicted octanol–water partition coefficient (Wildman–Crippen LogP) is 4.07. The molecule has 0 bridgehead atoms. The van der Waals surface area contributed by atoms with E-state index in [9.17, 15) is 14.4 Å². The van der Waals surface area contributed by atoms with Gasteiger partial charge in [-0.25, -0.2) is 4.79 Å². The zero-order valence-corrected chi connectivity index (χ0v) is 19.7. The summed E-state index contributed by atoms with van der Waals surface area (Å²) in [4.78, 5) is 39.8. The molecule has 3 rings (SSSR count). The van der Waals surface area contributed by atoms with Crippen LogP contribution in [0.15, 0.2) is 18.2 Å². The van der Waals surface area contributed by atoms with Crippen LogP contribution in [0.4, 0.5) is 10.5 Å². The first kappa shape index (κ1) is 23.1. The van der Waals surface area contributed by atoms with Gasteiger partial charge in [0.1, 0.15) is 17.8 Å². The van der Waals surface area contributed by atoms with E-state index in [-0.39, 0.29) is 23.3 Å². The average Bonchev–Trinajstić information content (AvgIpc) is 2.82. The Balaban J connectivity index is 1.77. The van der Waals surface area contributed by atoms with Crippen LogP contribution < -0.4 is 15.4 Å². The van der Waals surface area contributed by atoms with Gasteiger partial charge in [-0.2, -0.15) is 0 Å². The van der Waals surface area contributed by atoms with Gasteiger partial charge in [0.25, 0.3) is 5.91 Å². The molecule has 31 heavy (non-hydrogen) atoms. The van der Waals surface area contributed by atoms with E-state index < -0.39 is 17.5 Å². The van der Waals surface area contributed by atoms with Crippen LogP contribution in [0.1, 0.15) is 66.4 Å². The maximum absolute atomic E-state index is 13.3. The van der Waals surface area contributed by atoms with Crippen molar-refractivity contribution in [1.29, 1.82) is 0 Å². The maximum Gasteiger partial charge on any atom is 0.325 e. The van der Waals surface area contributed by atoms with E-state index in [4.69, 9.17) is 4.74 Å². The number of hydrogen-bond donors (Lipinski definition) is 2. The largest absolute Gasteiger partial charge is 0.495 e. The SMILES string of the molecule is COc1ccc(C(C)(C)C)cc1NC(=O)CN1C(=O)N[C@]2(C[C@@H](C)CC(C)(C)C2)C1=O. The van der Waals surface area contributed by atoms with E-state index in [1.165, 1.54) is 7.11 Å². The summed E-state index contributed by atoms with van der Waals surface area (Å²) in [5.41, 5.74) is 0.486. The highest BCUT2D eigenvalue weighted by Crippen LogP contribution is 2.46. The number of nitrogens with one attached hydrogen (secondary N) is 2. The van der Waals surface area contributed by atoms with Crippen LogP contribution in [-0.2, 0) is 15.0 Å². The molecule has 2 atom stereocenters. The smallest absolute Gasteiger partial charge is 0.325 e. The van der Waals surface area contributed by atoms with Crippen molar-refractivity contribution in [3.05, 3.63) is 23.8 Å². The summed E-state index contributed by atoms with van der Waals surface area (Å²) in [5.74, 6) is 0.0970. The molecule has 1 heterocycles. The van der Waals surface area contributed by atoms with Gasteiger partial charge in [0.05, 0.1) is 12.8 Å². The van der Waals surface area contributed by atoms with E-state index in [2.05, 4.69) is 52.2 Å². The minimum absolute atomic E-state index is 0.0559. The molecule has 1 aliphatic carbocycles. The molecular formula is C24H35N3O4. The highest BCUT2D eigenvalue weighted by molar-refractivity contribution is 6.10. The molecule has 0 radical (unpaired) electrons. The summed E-state index contributed by atoms with van der Waals surface area (Å²) in [6.07, 6.45) is 2.18. The first-order chi connectivity index (χ1) is 14.3. The monoisotopic (exact) mass is 429 g/mol. The van der Waals surface area contributed by atoms with Gasteiger partial charge in [-0.05, 0) is 53.7 Å². The quantitative estimate of drug-likeness (QED) is 0.707. The molecule has 0 aromatic heterocycles. The third-order valence-corrected chi connectivity index (χ3v) is 6.27. The number of urea groups is 1. The van der Waals surface area contributed by atoms with E-state index in [1.54, 1.807) is 0 Å². The van der Waals surface area contributed by atoms with Gasteiger partial charge in [-0.1, -0.05) is 47.6 Å². The minimum atomic E-state index is -0.914. The summed E-state index contributed by atoms with van der Waals surface area (Å²) in [5, 5.41) is 5.73. The van der Waals surface area contributed by atoms with Gasteiger partial charge in [0, 0.05) is 0 Å². The second kappa shape index (κ2) is 7.84. The van der Waals surface area contributed by atoms with Crippen molar-refractivity contribution in [3.8, 4) is 5.75 Å². The van der Waals surface area contributed by atoms with Crippen molar-refractivity contribution in [2.75, 3.05) is 19.0 Å². The summed E-state index contributed by atoms with van der Waals surface area (Å²) in [7, 11) is 1.54. The summed E-state index contributed by atoms with van der Waals surface area (Å²) >= 11 is 0. The highest BCUT2D eigenvalue weighted by atomic mass is 16.5. The van der Waals surface area contributed by atoms with Gasteiger partial charge >= 0.3 is 6.03 Å². The number of benzene rings is 1. The topological polar surface area (TPSA) is 87.7 Å². The van der Waals surface area contributed by atoms with Crippen molar-refractivity contribution in [3.63, 3.8) is 0 Å². The standard InChI is InChI=1S/C24H35N3O4/c1-15-11-23(5,6)14-24(12-15)20(29)27(21(30)26-24)13-19(28)25-17-10-16(22(2,3)4)8-9-18(17)31-7/h8-10,15H,11-14H2,1-7H3,(H,25,28)(H,26,30)/t15-,24-/m0/s1. The Morgan fingerprint density at radius 1 is 1.26 bits per heavy atom. The Morgan fingerprint density at radius 2 is 1.94 bits per heavy atom. The van der Waals surface area contributed by atoms with Crippen LogP contribution in [0.5, 0.6) is 5.75 Å². The number of methoxy groups -OCH3 is 1. The fourth-order valence-corrected chi connectivity index (χ4v) is 5.26. The van der Waals surface area contributed by atoms with Crippen LogP contribution >= 0.6 is 0 Å². The van der Waals surface area contributed by atoms with Crippen LogP contribution in [-0.4, -0.2) is 41.9 Å². The number of amides is 4. The summed E-state index contributed by atoms with van der Waals surface area (Å²) in [6.45, 7) is 12.3. The Bertz CT molecular complexity index is 903. The Kier molecular flexibility index (Phi) is 5.84. The van der Waals surface area contributed by atoms with Gasteiger partial charge in [0.2, 0.25) is 5.91 Å². The maximum atomic E-state index is 13.3. The molecule has 1 aliphatic heterocycles. The lowest BCUT2D eigenvalue weighted by Crippen LogP contribution is -2.54. The van der Waals surface area contributed by atoms with Gasteiger partial charge < -0.3 is 15.4 Å². The molecule has 7 nitrogen and oxygen atoms in total. The van der Waals surface area contributed by atoms with E-state index in [1.807, 2.05) is 18.2 Å². The summed E-state index contributed by atoms with van der Waals surface area (Å²) < 4.78 is 5.38. The van der Waals surface area contributed by atoms with Gasteiger partial charge in [0.15, 0.2) is 0 Å². The second-order valence-corrected chi connectivity index (χ2v) is 11.0. The molecule has 1 saturated carbocycles. The molecule has 1 saturated heterocycles. The fourth-order valence-electron chi connectivity index (χ4n) is 5.26. The average molecular weight is 430 g/mol. The molecule has 1 aromatic rings. The molecule has 170 valence electrons. The van der Waals surface area contributed by atoms with Crippen LogP contribution in [0.2, 0.25) is 0 Å². The predicted molar refractivity (Wildman–Crippen MR) is 120 cm³/mol. The van der Waals surface area contributed by atoms with Gasteiger partial charge in [-0.15, -0.1) is 0 Å². The van der Waals surface area contributed by atoms with Crippen LogP contribution in [0, 0.1) is 11.3 Å². The van der Waals surface area contributed by atoms with Crippen molar-refractivity contribution in [2.24, 2.45) is 11.3 Å². The fraction of sp³-hybridized carbons (Fsp3) is 0.625. The minimum Gasteiger partial charge on any atom is -0.495 e. The number of nitrogens with zero attached hydrogens (tertiary/aromatic N) is 1. The van der Waals surface area contributed by atoms with Gasteiger partial charge in [-0.3, -0.25) is 14.5 Å².